The minimum absolute atomic E-state index is 0.152. The summed E-state index contributed by atoms with van der Waals surface area (Å²) in [4.78, 5) is 22.5. The second kappa shape index (κ2) is 5.87. The first-order chi connectivity index (χ1) is 8.47. The van der Waals surface area contributed by atoms with Crippen LogP contribution < -0.4 is 5.32 Å². The van der Waals surface area contributed by atoms with E-state index in [9.17, 15) is 19.8 Å². The van der Waals surface area contributed by atoms with Crippen LogP contribution in [0.4, 0.5) is 0 Å². The van der Waals surface area contributed by atoms with E-state index in [4.69, 9.17) is 10.2 Å². The molecule has 0 fully saturated rings. The highest BCUT2D eigenvalue weighted by molar-refractivity contribution is 5.99. The fourth-order valence-electron chi connectivity index (χ4n) is 1.34. The van der Waals surface area contributed by atoms with E-state index >= 15 is 0 Å². The average Bonchev–Trinajstić information content (AvgIpc) is 2.31. The van der Waals surface area contributed by atoms with E-state index in [2.05, 4.69) is 5.32 Å². The summed E-state index contributed by atoms with van der Waals surface area (Å²) in [5.74, 6) is -3.24. The summed E-state index contributed by atoms with van der Waals surface area (Å²) in [6, 6.07) is 2.51. The van der Waals surface area contributed by atoms with Gasteiger partial charge in [0.05, 0.1) is 5.56 Å². The number of rotatable bonds is 5. The fourth-order valence-corrected chi connectivity index (χ4v) is 1.34. The van der Waals surface area contributed by atoms with Crippen molar-refractivity contribution in [2.45, 2.75) is 12.5 Å². The maximum atomic E-state index is 11.7. The van der Waals surface area contributed by atoms with Gasteiger partial charge in [-0.3, -0.25) is 4.79 Å². The fraction of sp³-hybridized carbons (Fsp3) is 0.273. The van der Waals surface area contributed by atoms with Crippen LogP contribution in [0.2, 0.25) is 0 Å². The minimum atomic E-state index is -1.29. The van der Waals surface area contributed by atoms with Gasteiger partial charge in [-0.05, 0) is 12.1 Å². The van der Waals surface area contributed by atoms with E-state index in [1.54, 1.807) is 0 Å². The highest BCUT2D eigenvalue weighted by Crippen LogP contribution is 2.27. The molecule has 1 rings (SSSR count). The molecule has 5 N–H and O–H groups in total. The lowest BCUT2D eigenvalue weighted by Crippen LogP contribution is -2.41. The van der Waals surface area contributed by atoms with E-state index in [1.165, 1.54) is 18.2 Å². The van der Waals surface area contributed by atoms with Gasteiger partial charge in [0.1, 0.15) is 6.04 Å². The molecule has 1 atom stereocenters. The molecule has 98 valence electrons. The Kier molecular flexibility index (Phi) is 4.50. The van der Waals surface area contributed by atoms with Crippen molar-refractivity contribution in [2.75, 3.05) is 6.61 Å². The molecule has 0 unspecified atom stereocenters. The van der Waals surface area contributed by atoms with Gasteiger partial charge in [0, 0.05) is 13.0 Å². The van der Waals surface area contributed by atoms with Crippen LogP contribution in [0.1, 0.15) is 16.8 Å². The number of aliphatic hydroxyl groups excluding tert-OH is 1. The van der Waals surface area contributed by atoms with Crippen molar-refractivity contribution in [3.63, 3.8) is 0 Å². The third-order valence-corrected chi connectivity index (χ3v) is 2.28. The summed E-state index contributed by atoms with van der Waals surface area (Å²) in [6.45, 7) is -0.400. The standard InChI is InChI=1S/C11H13NO6/c13-5-4-7(11(17)18)12-10(16)6-2-1-3-8(14)9(6)15/h1-3,7,13-15H,4-5H2,(H,12,16)(H,17,18)/t7-/m1/s1. The van der Waals surface area contributed by atoms with E-state index in [0.29, 0.717) is 0 Å². The van der Waals surface area contributed by atoms with Crippen LogP contribution in [0.5, 0.6) is 11.5 Å². The van der Waals surface area contributed by atoms with Crippen LogP contribution in [0, 0.1) is 0 Å². The highest BCUT2D eigenvalue weighted by atomic mass is 16.4. The summed E-state index contributed by atoms with van der Waals surface area (Å²) >= 11 is 0. The number of carbonyl (C=O) groups excluding carboxylic acids is 1. The number of benzene rings is 1. The Morgan fingerprint density at radius 3 is 2.50 bits per heavy atom. The molecule has 1 aromatic rings. The average molecular weight is 255 g/mol. The molecule has 0 saturated carbocycles. The number of amides is 1. The van der Waals surface area contributed by atoms with Crippen LogP contribution in [-0.2, 0) is 4.79 Å². The van der Waals surface area contributed by atoms with Gasteiger partial charge in [-0.15, -0.1) is 0 Å². The molecule has 18 heavy (non-hydrogen) atoms. The van der Waals surface area contributed by atoms with Crippen molar-refractivity contribution in [1.82, 2.24) is 5.32 Å². The SMILES string of the molecule is O=C(N[C@H](CCO)C(=O)O)c1cccc(O)c1O. The van der Waals surface area contributed by atoms with Crippen LogP contribution >= 0.6 is 0 Å². The quantitative estimate of drug-likeness (QED) is 0.458. The first kappa shape index (κ1) is 13.8. The van der Waals surface area contributed by atoms with Gasteiger partial charge in [0.15, 0.2) is 11.5 Å². The molecule has 0 heterocycles. The maximum absolute atomic E-state index is 11.7. The lowest BCUT2D eigenvalue weighted by molar-refractivity contribution is -0.139. The van der Waals surface area contributed by atoms with E-state index in [1.807, 2.05) is 0 Å². The molecule has 0 aliphatic carbocycles. The third kappa shape index (κ3) is 3.11. The predicted molar refractivity (Wildman–Crippen MR) is 60.4 cm³/mol. The van der Waals surface area contributed by atoms with E-state index < -0.39 is 36.0 Å². The predicted octanol–water partition coefficient (Wildman–Crippen LogP) is -0.337. The number of phenols is 2. The molecule has 7 heteroatoms. The van der Waals surface area contributed by atoms with E-state index in [-0.39, 0.29) is 12.0 Å². The summed E-state index contributed by atoms with van der Waals surface area (Å²) in [7, 11) is 0. The van der Waals surface area contributed by atoms with Crippen molar-refractivity contribution < 1.29 is 30.0 Å². The zero-order valence-electron chi connectivity index (χ0n) is 9.33. The number of carboxylic acid groups (broad SMARTS) is 1. The molecule has 0 spiro atoms. The number of nitrogens with one attached hydrogen (secondary N) is 1. The van der Waals surface area contributed by atoms with Gasteiger partial charge in [0.2, 0.25) is 0 Å². The molecule has 0 bridgehead atoms. The number of aliphatic hydroxyl groups is 1. The number of hydrogen-bond donors (Lipinski definition) is 5. The third-order valence-electron chi connectivity index (χ3n) is 2.28. The van der Waals surface area contributed by atoms with Crippen LogP contribution in [-0.4, -0.2) is 45.0 Å². The van der Waals surface area contributed by atoms with Crippen LogP contribution in [0.15, 0.2) is 18.2 Å². The summed E-state index contributed by atoms with van der Waals surface area (Å²) in [5, 5.41) is 38.2. The Balaban J connectivity index is 2.87. The summed E-state index contributed by atoms with van der Waals surface area (Å²) < 4.78 is 0. The minimum Gasteiger partial charge on any atom is -0.504 e. The van der Waals surface area contributed by atoms with Gasteiger partial charge in [-0.2, -0.15) is 0 Å². The number of carboxylic acids is 1. The summed E-state index contributed by atoms with van der Waals surface area (Å²) in [6.07, 6.45) is -0.152. The van der Waals surface area contributed by atoms with Crippen LogP contribution in [0.25, 0.3) is 0 Å². The van der Waals surface area contributed by atoms with Crippen molar-refractivity contribution in [2.24, 2.45) is 0 Å². The Morgan fingerprint density at radius 1 is 1.28 bits per heavy atom. The highest BCUT2D eigenvalue weighted by Gasteiger charge is 2.22. The number of carbonyl (C=O) groups is 2. The van der Waals surface area contributed by atoms with Crippen LogP contribution in [0.3, 0.4) is 0 Å². The normalized spacial score (nSPS) is 11.8. The molecular formula is C11H13NO6. The Morgan fingerprint density at radius 2 is 1.94 bits per heavy atom. The zero-order chi connectivity index (χ0) is 13.7. The molecule has 0 radical (unpaired) electrons. The second-order valence-corrected chi connectivity index (χ2v) is 3.55. The molecule has 1 amide bonds. The van der Waals surface area contributed by atoms with Crippen molar-refractivity contribution in [1.29, 1.82) is 0 Å². The number of phenolic OH excluding ortho intramolecular Hbond substituents is 2. The molecule has 0 aliphatic heterocycles. The number of para-hydroxylation sites is 1. The van der Waals surface area contributed by atoms with Gasteiger partial charge in [-0.25, -0.2) is 4.79 Å². The lowest BCUT2D eigenvalue weighted by atomic mass is 10.1. The van der Waals surface area contributed by atoms with E-state index in [0.717, 1.165) is 0 Å². The Bertz CT molecular complexity index is 459. The first-order valence-electron chi connectivity index (χ1n) is 5.12. The van der Waals surface area contributed by atoms with Crippen molar-refractivity contribution >= 4 is 11.9 Å². The molecular weight excluding hydrogens is 242 g/mol. The van der Waals surface area contributed by atoms with Gasteiger partial charge in [0.25, 0.3) is 5.91 Å². The molecule has 0 aromatic heterocycles. The lowest BCUT2D eigenvalue weighted by Gasteiger charge is -2.13. The molecule has 0 saturated heterocycles. The van der Waals surface area contributed by atoms with Crippen molar-refractivity contribution in [3.05, 3.63) is 23.8 Å². The van der Waals surface area contributed by atoms with Crippen molar-refractivity contribution in [3.8, 4) is 11.5 Å². The van der Waals surface area contributed by atoms with Gasteiger partial charge >= 0.3 is 5.97 Å². The molecule has 1 aromatic carbocycles. The smallest absolute Gasteiger partial charge is 0.326 e. The number of aromatic hydroxyl groups is 2. The van der Waals surface area contributed by atoms with Gasteiger partial charge < -0.3 is 25.7 Å². The van der Waals surface area contributed by atoms with Gasteiger partial charge in [-0.1, -0.05) is 6.07 Å². The first-order valence-corrected chi connectivity index (χ1v) is 5.12. The monoisotopic (exact) mass is 255 g/mol. The number of aliphatic carboxylic acids is 1. The Labute approximate surface area is 102 Å². The molecule has 0 aliphatic rings. The number of hydrogen-bond acceptors (Lipinski definition) is 5. The maximum Gasteiger partial charge on any atom is 0.326 e. The largest absolute Gasteiger partial charge is 0.504 e. The second-order valence-electron chi connectivity index (χ2n) is 3.55. The molecule has 7 nitrogen and oxygen atoms in total. The summed E-state index contributed by atoms with van der Waals surface area (Å²) in [5.41, 5.74) is -0.237. The topological polar surface area (TPSA) is 127 Å². The zero-order valence-corrected chi connectivity index (χ0v) is 9.33. The Hall–Kier alpha value is -2.28.